The normalized spacial score (nSPS) is 12.6. The first-order valence-corrected chi connectivity index (χ1v) is 7.83. The number of hydrogen-bond donors (Lipinski definition) is 1. The van der Waals surface area contributed by atoms with Gasteiger partial charge in [0.2, 0.25) is 0 Å². The molecule has 0 fully saturated rings. The topological polar surface area (TPSA) is 24.9 Å². The van der Waals surface area contributed by atoms with Gasteiger partial charge in [-0.3, -0.25) is 4.98 Å². The van der Waals surface area contributed by atoms with E-state index < -0.39 is 0 Å². The second-order valence-corrected chi connectivity index (χ2v) is 6.08. The summed E-state index contributed by atoms with van der Waals surface area (Å²) in [7, 11) is 0. The van der Waals surface area contributed by atoms with Crippen LogP contribution in [-0.2, 0) is 6.42 Å². The van der Waals surface area contributed by atoms with Crippen molar-refractivity contribution in [3.05, 3.63) is 50.9 Å². The summed E-state index contributed by atoms with van der Waals surface area (Å²) in [5, 5.41) is 4.42. The van der Waals surface area contributed by atoms with E-state index in [1.54, 1.807) is 11.3 Å². The Kier molecular flexibility index (Phi) is 5.37. The molecular formula is C15H19ClN2S. The maximum Gasteiger partial charge on any atom is 0.0794 e. The van der Waals surface area contributed by atoms with Crippen LogP contribution in [0.3, 0.4) is 0 Å². The van der Waals surface area contributed by atoms with Crippen LogP contribution >= 0.6 is 22.9 Å². The van der Waals surface area contributed by atoms with Crippen molar-refractivity contribution in [3.63, 3.8) is 0 Å². The third-order valence-corrected chi connectivity index (χ3v) is 4.19. The van der Waals surface area contributed by atoms with E-state index >= 15 is 0 Å². The monoisotopic (exact) mass is 294 g/mol. The lowest BCUT2D eigenvalue weighted by Crippen LogP contribution is -2.24. The molecular weight excluding hydrogens is 276 g/mol. The van der Waals surface area contributed by atoms with Crippen molar-refractivity contribution >= 4 is 22.9 Å². The van der Waals surface area contributed by atoms with Gasteiger partial charge in [-0.15, -0.1) is 11.3 Å². The molecule has 0 radical (unpaired) electrons. The van der Waals surface area contributed by atoms with Crippen molar-refractivity contribution in [1.29, 1.82) is 0 Å². The molecule has 0 amide bonds. The molecule has 19 heavy (non-hydrogen) atoms. The molecule has 102 valence electrons. The van der Waals surface area contributed by atoms with Crippen LogP contribution in [0.4, 0.5) is 0 Å². The zero-order chi connectivity index (χ0) is 13.7. The van der Waals surface area contributed by atoms with Crippen LogP contribution in [0.15, 0.2) is 29.9 Å². The summed E-state index contributed by atoms with van der Waals surface area (Å²) in [5.41, 5.74) is 4.25. The molecule has 0 aliphatic carbocycles. The molecule has 1 heterocycles. The van der Waals surface area contributed by atoms with Gasteiger partial charge in [-0.25, -0.2) is 0 Å². The van der Waals surface area contributed by atoms with E-state index in [2.05, 4.69) is 36.3 Å². The van der Waals surface area contributed by atoms with Crippen molar-refractivity contribution < 1.29 is 0 Å². The number of aryl methyl sites for hydroxylation is 1. The molecule has 4 heteroatoms. The van der Waals surface area contributed by atoms with Gasteiger partial charge in [-0.05, 0) is 37.1 Å². The average Bonchev–Trinajstić information content (AvgIpc) is 2.88. The molecule has 0 spiro atoms. The predicted octanol–water partition coefficient (Wildman–Crippen LogP) is 4.39. The molecule has 2 rings (SSSR count). The van der Waals surface area contributed by atoms with E-state index in [9.17, 15) is 0 Å². The molecule has 0 saturated carbocycles. The number of nitrogens with zero attached hydrogens (tertiary/aromatic N) is 1. The summed E-state index contributed by atoms with van der Waals surface area (Å²) in [4.78, 5) is 5.43. The molecule has 1 atom stereocenters. The zero-order valence-electron chi connectivity index (χ0n) is 11.3. The Morgan fingerprint density at radius 2 is 2.26 bits per heavy atom. The number of thiazole rings is 1. The molecule has 1 aromatic heterocycles. The third-order valence-electron chi connectivity index (χ3n) is 3.06. The minimum atomic E-state index is 0.258. The van der Waals surface area contributed by atoms with Crippen molar-refractivity contribution in [3.8, 4) is 0 Å². The Morgan fingerprint density at radius 3 is 2.89 bits per heavy atom. The highest BCUT2D eigenvalue weighted by molar-refractivity contribution is 7.09. The summed E-state index contributed by atoms with van der Waals surface area (Å²) in [6, 6.07) is 6.54. The highest BCUT2D eigenvalue weighted by Crippen LogP contribution is 2.27. The lowest BCUT2D eigenvalue weighted by atomic mass is 10.0. The number of halogens is 1. The standard InChI is InChI=1S/C15H19ClN2S/c1-3-6-18-15(8-12-9-17-10-19-12)13-5-4-11(2)7-14(13)16/h4-5,7,9-10,15,18H,3,6,8H2,1-2H3. The summed E-state index contributed by atoms with van der Waals surface area (Å²) >= 11 is 8.09. The summed E-state index contributed by atoms with van der Waals surface area (Å²) in [5.74, 6) is 0. The lowest BCUT2D eigenvalue weighted by molar-refractivity contribution is 0.532. The Hall–Kier alpha value is -0.900. The average molecular weight is 295 g/mol. The maximum absolute atomic E-state index is 6.39. The van der Waals surface area contributed by atoms with Crippen LogP contribution in [0, 0.1) is 6.92 Å². The lowest BCUT2D eigenvalue weighted by Gasteiger charge is -2.19. The summed E-state index contributed by atoms with van der Waals surface area (Å²) in [6.45, 7) is 5.23. The fourth-order valence-corrected chi connectivity index (χ4v) is 3.08. The second kappa shape index (κ2) is 7.04. The fraction of sp³-hybridized carbons (Fsp3) is 0.400. The van der Waals surface area contributed by atoms with E-state index in [4.69, 9.17) is 11.6 Å². The van der Waals surface area contributed by atoms with Gasteiger partial charge in [-0.1, -0.05) is 30.7 Å². The van der Waals surface area contributed by atoms with Crippen molar-refractivity contribution in [1.82, 2.24) is 10.3 Å². The van der Waals surface area contributed by atoms with Gasteiger partial charge in [0.1, 0.15) is 0 Å². The number of rotatable bonds is 6. The van der Waals surface area contributed by atoms with Crippen LogP contribution in [0.5, 0.6) is 0 Å². The van der Waals surface area contributed by atoms with Crippen LogP contribution in [0.25, 0.3) is 0 Å². The molecule has 0 bridgehead atoms. The van der Waals surface area contributed by atoms with Gasteiger partial charge in [0, 0.05) is 28.6 Å². The largest absolute Gasteiger partial charge is 0.310 e. The van der Waals surface area contributed by atoms with Crippen LogP contribution in [0.1, 0.15) is 35.4 Å². The minimum Gasteiger partial charge on any atom is -0.310 e. The smallest absolute Gasteiger partial charge is 0.0794 e. The maximum atomic E-state index is 6.39. The third kappa shape index (κ3) is 4.03. The van der Waals surface area contributed by atoms with Gasteiger partial charge in [0.05, 0.1) is 5.51 Å². The molecule has 2 aromatic rings. The second-order valence-electron chi connectivity index (χ2n) is 4.70. The zero-order valence-corrected chi connectivity index (χ0v) is 12.9. The Balaban J connectivity index is 2.20. The van der Waals surface area contributed by atoms with Crippen molar-refractivity contribution in [2.75, 3.05) is 6.54 Å². The Labute approximate surface area is 123 Å². The number of nitrogens with one attached hydrogen (secondary N) is 1. The van der Waals surface area contributed by atoms with Gasteiger partial charge >= 0.3 is 0 Å². The molecule has 0 aliphatic rings. The van der Waals surface area contributed by atoms with E-state index in [0.717, 1.165) is 24.4 Å². The van der Waals surface area contributed by atoms with Crippen molar-refractivity contribution in [2.24, 2.45) is 0 Å². The fourth-order valence-electron chi connectivity index (χ4n) is 2.07. The highest BCUT2D eigenvalue weighted by atomic mass is 35.5. The quantitative estimate of drug-likeness (QED) is 0.855. The first-order chi connectivity index (χ1) is 9.20. The van der Waals surface area contributed by atoms with E-state index in [1.807, 2.05) is 17.8 Å². The van der Waals surface area contributed by atoms with Gasteiger partial charge < -0.3 is 5.32 Å². The van der Waals surface area contributed by atoms with Gasteiger partial charge in [0.15, 0.2) is 0 Å². The molecule has 1 unspecified atom stereocenters. The van der Waals surface area contributed by atoms with Gasteiger partial charge in [-0.2, -0.15) is 0 Å². The first kappa shape index (κ1) is 14.5. The minimum absolute atomic E-state index is 0.258. The number of aromatic nitrogens is 1. The van der Waals surface area contributed by atoms with Crippen LogP contribution < -0.4 is 5.32 Å². The molecule has 2 nitrogen and oxygen atoms in total. The van der Waals surface area contributed by atoms with E-state index in [-0.39, 0.29) is 6.04 Å². The summed E-state index contributed by atoms with van der Waals surface area (Å²) < 4.78 is 0. The summed E-state index contributed by atoms with van der Waals surface area (Å²) in [6.07, 6.45) is 3.99. The molecule has 0 saturated heterocycles. The van der Waals surface area contributed by atoms with Crippen molar-refractivity contribution in [2.45, 2.75) is 32.7 Å². The number of benzene rings is 1. The molecule has 0 aliphatic heterocycles. The van der Waals surface area contributed by atoms with Gasteiger partial charge in [0.25, 0.3) is 0 Å². The predicted molar refractivity (Wildman–Crippen MR) is 83.0 cm³/mol. The highest BCUT2D eigenvalue weighted by Gasteiger charge is 2.15. The van der Waals surface area contributed by atoms with E-state index in [0.29, 0.717) is 0 Å². The van der Waals surface area contributed by atoms with E-state index in [1.165, 1.54) is 16.0 Å². The molecule has 1 N–H and O–H groups in total. The Bertz CT molecular complexity index is 511. The first-order valence-electron chi connectivity index (χ1n) is 6.57. The number of hydrogen-bond acceptors (Lipinski definition) is 3. The molecule has 1 aromatic carbocycles. The Morgan fingerprint density at radius 1 is 1.42 bits per heavy atom. The SMILES string of the molecule is CCCNC(Cc1cncs1)c1ccc(C)cc1Cl. The van der Waals surface area contributed by atoms with Crippen LogP contribution in [0.2, 0.25) is 5.02 Å². The van der Waals surface area contributed by atoms with Crippen LogP contribution in [-0.4, -0.2) is 11.5 Å².